The van der Waals surface area contributed by atoms with Crippen molar-refractivity contribution >= 4 is 0 Å². The first kappa shape index (κ1) is 7.21. The minimum Gasteiger partial charge on any atom is -0.330 e. The number of nitrogens with two attached hydrogens (primary N) is 1. The van der Waals surface area contributed by atoms with E-state index in [0.29, 0.717) is 0 Å². The van der Waals surface area contributed by atoms with E-state index in [1.165, 1.54) is 0 Å². The Labute approximate surface area is 60.1 Å². The number of hydrogen-bond donors (Lipinski definition) is 1. The first-order valence-electron chi connectivity index (χ1n) is 3.46. The lowest BCUT2D eigenvalue weighted by atomic mass is 10.3. The summed E-state index contributed by atoms with van der Waals surface area (Å²) in [6.07, 6.45) is 5.61. The van der Waals surface area contributed by atoms with Crippen LogP contribution >= 0.6 is 0 Å². The highest BCUT2D eigenvalue weighted by Gasteiger charge is 1.88. The molecule has 1 rings (SSSR count). The Balaban J connectivity index is 2.15. The van der Waals surface area contributed by atoms with Crippen molar-refractivity contribution in [1.29, 1.82) is 0 Å². The van der Waals surface area contributed by atoms with E-state index in [9.17, 15) is 0 Å². The van der Waals surface area contributed by atoms with Crippen LogP contribution in [0.4, 0.5) is 0 Å². The second kappa shape index (κ2) is 4.00. The van der Waals surface area contributed by atoms with Gasteiger partial charge in [-0.3, -0.25) is 0 Å². The van der Waals surface area contributed by atoms with Gasteiger partial charge in [-0.2, -0.15) is 0 Å². The zero-order valence-electron chi connectivity index (χ0n) is 5.90. The van der Waals surface area contributed by atoms with Gasteiger partial charge in [0, 0.05) is 6.54 Å². The Kier molecular flexibility index (Phi) is 2.89. The Morgan fingerprint density at radius 1 is 1.20 bits per heavy atom. The van der Waals surface area contributed by atoms with Crippen molar-refractivity contribution in [2.24, 2.45) is 5.73 Å². The van der Waals surface area contributed by atoms with E-state index in [1.54, 1.807) is 12.7 Å². The summed E-state index contributed by atoms with van der Waals surface area (Å²) < 4.78 is 1.95. The maximum atomic E-state index is 5.33. The van der Waals surface area contributed by atoms with Crippen LogP contribution in [-0.4, -0.2) is 21.3 Å². The molecule has 0 unspecified atom stereocenters. The molecular formula is C6H12N4. The van der Waals surface area contributed by atoms with E-state index in [0.717, 1.165) is 25.9 Å². The molecule has 0 aliphatic rings. The van der Waals surface area contributed by atoms with Crippen LogP contribution in [0.25, 0.3) is 0 Å². The molecule has 0 atom stereocenters. The molecule has 0 fully saturated rings. The zero-order chi connectivity index (χ0) is 7.23. The standard InChI is InChI=1S/C6H12N4/c7-3-1-2-4-10-5-8-9-6-10/h5-6H,1-4,7H2. The molecule has 0 radical (unpaired) electrons. The van der Waals surface area contributed by atoms with Gasteiger partial charge in [-0.25, -0.2) is 0 Å². The van der Waals surface area contributed by atoms with Crippen molar-refractivity contribution in [3.63, 3.8) is 0 Å². The zero-order valence-corrected chi connectivity index (χ0v) is 5.90. The molecular weight excluding hydrogens is 128 g/mol. The van der Waals surface area contributed by atoms with Gasteiger partial charge in [0.15, 0.2) is 0 Å². The molecule has 0 saturated heterocycles. The molecule has 56 valence electrons. The summed E-state index contributed by atoms with van der Waals surface area (Å²) in [5.41, 5.74) is 5.33. The van der Waals surface area contributed by atoms with Crippen molar-refractivity contribution in [2.45, 2.75) is 19.4 Å². The molecule has 0 aliphatic carbocycles. The molecule has 0 spiro atoms. The van der Waals surface area contributed by atoms with Gasteiger partial charge >= 0.3 is 0 Å². The SMILES string of the molecule is NCCCCn1cnnc1. The fourth-order valence-corrected chi connectivity index (χ4v) is 0.776. The second-order valence-electron chi connectivity index (χ2n) is 2.20. The van der Waals surface area contributed by atoms with E-state index >= 15 is 0 Å². The Hall–Kier alpha value is -0.900. The normalized spacial score (nSPS) is 10.1. The second-order valence-corrected chi connectivity index (χ2v) is 2.20. The molecule has 0 saturated carbocycles. The quantitative estimate of drug-likeness (QED) is 0.600. The lowest BCUT2D eigenvalue weighted by Crippen LogP contribution is -2.01. The van der Waals surface area contributed by atoms with Crippen LogP contribution in [0.2, 0.25) is 0 Å². The van der Waals surface area contributed by atoms with Crippen molar-refractivity contribution in [2.75, 3.05) is 6.54 Å². The van der Waals surface area contributed by atoms with Crippen molar-refractivity contribution in [3.05, 3.63) is 12.7 Å². The lowest BCUT2D eigenvalue weighted by molar-refractivity contribution is 0.613. The van der Waals surface area contributed by atoms with Gasteiger partial charge in [0.2, 0.25) is 0 Å². The summed E-state index contributed by atoms with van der Waals surface area (Å²) >= 11 is 0. The molecule has 4 heteroatoms. The van der Waals surface area contributed by atoms with Crippen LogP contribution in [0, 0.1) is 0 Å². The Morgan fingerprint density at radius 2 is 1.90 bits per heavy atom. The summed E-state index contributed by atoms with van der Waals surface area (Å²) in [5.74, 6) is 0. The van der Waals surface area contributed by atoms with E-state index in [1.807, 2.05) is 4.57 Å². The van der Waals surface area contributed by atoms with Gasteiger partial charge in [-0.15, -0.1) is 10.2 Å². The average molecular weight is 140 g/mol. The maximum absolute atomic E-state index is 5.33. The fourth-order valence-electron chi connectivity index (χ4n) is 0.776. The van der Waals surface area contributed by atoms with Crippen molar-refractivity contribution < 1.29 is 0 Å². The van der Waals surface area contributed by atoms with Gasteiger partial charge in [0.25, 0.3) is 0 Å². The van der Waals surface area contributed by atoms with Crippen LogP contribution in [0.3, 0.4) is 0 Å². The topological polar surface area (TPSA) is 56.7 Å². The number of hydrogen-bond acceptors (Lipinski definition) is 3. The highest BCUT2D eigenvalue weighted by Crippen LogP contribution is 1.90. The third-order valence-electron chi connectivity index (χ3n) is 1.34. The van der Waals surface area contributed by atoms with Crippen molar-refractivity contribution in [1.82, 2.24) is 14.8 Å². The van der Waals surface area contributed by atoms with Crippen LogP contribution < -0.4 is 5.73 Å². The third kappa shape index (κ3) is 2.14. The van der Waals surface area contributed by atoms with Gasteiger partial charge in [0.05, 0.1) is 0 Å². The number of unbranched alkanes of at least 4 members (excludes halogenated alkanes) is 1. The predicted octanol–water partition coefficient (Wildman–Crippen LogP) is 0.0170. The first-order chi connectivity index (χ1) is 4.93. The van der Waals surface area contributed by atoms with E-state index in [-0.39, 0.29) is 0 Å². The van der Waals surface area contributed by atoms with E-state index in [4.69, 9.17) is 5.73 Å². The molecule has 1 aromatic heterocycles. The molecule has 1 heterocycles. The van der Waals surface area contributed by atoms with Crippen LogP contribution in [0.15, 0.2) is 12.7 Å². The van der Waals surface area contributed by atoms with Crippen LogP contribution in [0.5, 0.6) is 0 Å². The maximum Gasteiger partial charge on any atom is 0.119 e. The average Bonchev–Trinajstić information content (AvgIpc) is 2.41. The molecule has 0 aromatic carbocycles. The van der Waals surface area contributed by atoms with Gasteiger partial charge in [-0.05, 0) is 19.4 Å². The summed E-state index contributed by atoms with van der Waals surface area (Å²) in [4.78, 5) is 0. The summed E-state index contributed by atoms with van der Waals surface area (Å²) in [7, 11) is 0. The molecule has 1 aromatic rings. The van der Waals surface area contributed by atoms with Crippen molar-refractivity contribution in [3.8, 4) is 0 Å². The molecule has 10 heavy (non-hydrogen) atoms. The molecule has 0 amide bonds. The van der Waals surface area contributed by atoms with Crippen LogP contribution in [-0.2, 0) is 6.54 Å². The number of rotatable bonds is 4. The summed E-state index contributed by atoms with van der Waals surface area (Å²) in [6, 6.07) is 0. The minimum absolute atomic E-state index is 0.766. The monoisotopic (exact) mass is 140 g/mol. The Bertz CT molecular complexity index is 158. The minimum atomic E-state index is 0.766. The fraction of sp³-hybridized carbons (Fsp3) is 0.667. The smallest absolute Gasteiger partial charge is 0.119 e. The lowest BCUT2D eigenvalue weighted by Gasteiger charge is -1.97. The molecule has 2 N–H and O–H groups in total. The van der Waals surface area contributed by atoms with E-state index in [2.05, 4.69) is 10.2 Å². The number of aromatic nitrogens is 3. The Morgan fingerprint density at radius 3 is 2.50 bits per heavy atom. The summed E-state index contributed by atoms with van der Waals surface area (Å²) in [6.45, 7) is 1.74. The highest BCUT2D eigenvalue weighted by molar-refractivity contribution is 4.59. The predicted molar refractivity (Wildman–Crippen MR) is 38.3 cm³/mol. The van der Waals surface area contributed by atoms with E-state index < -0.39 is 0 Å². The molecule has 0 bridgehead atoms. The van der Waals surface area contributed by atoms with Crippen LogP contribution in [0.1, 0.15) is 12.8 Å². The largest absolute Gasteiger partial charge is 0.330 e. The summed E-state index contributed by atoms with van der Waals surface area (Å²) in [5, 5.41) is 7.37. The van der Waals surface area contributed by atoms with Gasteiger partial charge in [0.1, 0.15) is 12.7 Å². The van der Waals surface area contributed by atoms with Gasteiger partial charge < -0.3 is 10.3 Å². The third-order valence-corrected chi connectivity index (χ3v) is 1.34. The van der Waals surface area contributed by atoms with Gasteiger partial charge in [-0.1, -0.05) is 0 Å². The number of aryl methyl sites for hydroxylation is 1. The highest BCUT2D eigenvalue weighted by atomic mass is 15.2. The number of nitrogens with zero attached hydrogens (tertiary/aromatic N) is 3. The molecule has 0 aliphatic heterocycles. The molecule has 4 nitrogen and oxygen atoms in total. The first-order valence-corrected chi connectivity index (χ1v) is 3.46.